The van der Waals surface area contributed by atoms with Crippen LogP contribution < -0.4 is 0 Å². The Balaban J connectivity index is 1.98. The van der Waals surface area contributed by atoms with Gasteiger partial charge in [-0.3, -0.25) is 9.59 Å². The molecule has 0 atom stereocenters. The molecule has 0 radical (unpaired) electrons. The number of fused-ring (bicyclic) bond motifs is 1. The first-order valence-corrected chi connectivity index (χ1v) is 8.23. The molecule has 1 aliphatic carbocycles. The van der Waals surface area contributed by atoms with Crippen molar-refractivity contribution in [3.05, 3.63) is 70.1 Å². The van der Waals surface area contributed by atoms with Crippen molar-refractivity contribution in [1.82, 2.24) is 0 Å². The topological polar surface area (TPSA) is 52.6 Å². The number of allylic oxidation sites excluding steroid dienone is 2. The summed E-state index contributed by atoms with van der Waals surface area (Å²) in [6.07, 6.45) is 0. The first-order valence-electron chi connectivity index (χ1n) is 7.04. The molecular formula is C18H13ClO4S. The number of halogens is 1. The van der Waals surface area contributed by atoms with Crippen LogP contribution in [0, 0.1) is 0 Å². The number of hydrogen-bond donors (Lipinski definition) is 0. The van der Waals surface area contributed by atoms with Gasteiger partial charge in [-0.25, -0.2) is 0 Å². The summed E-state index contributed by atoms with van der Waals surface area (Å²) >= 11 is 7.36. The lowest BCUT2D eigenvalue weighted by Gasteiger charge is -2.19. The van der Waals surface area contributed by atoms with Gasteiger partial charge in [-0.1, -0.05) is 23.4 Å². The van der Waals surface area contributed by atoms with Gasteiger partial charge in [-0.05, 0) is 42.5 Å². The highest BCUT2D eigenvalue weighted by Gasteiger charge is 2.34. The number of ether oxygens (including phenoxy) is 2. The molecule has 0 spiro atoms. The molecular weight excluding hydrogens is 348 g/mol. The maximum atomic E-state index is 12.6. The molecule has 4 nitrogen and oxygen atoms in total. The maximum absolute atomic E-state index is 12.6. The highest BCUT2D eigenvalue weighted by molar-refractivity contribution is 7.99. The molecule has 0 saturated carbocycles. The minimum atomic E-state index is -0.359. The minimum Gasteiger partial charge on any atom is -0.489 e. The molecule has 0 saturated heterocycles. The second kappa shape index (κ2) is 6.71. The van der Waals surface area contributed by atoms with Gasteiger partial charge in [-0.2, -0.15) is 0 Å². The Bertz CT molecular complexity index is 856. The third-order valence-electron chi connectivity index (χ3n) is 3.56. The van der Waals surface area contributed by atoms with E-state index in [2.05, 4.69) is 0 Å². The minimum absolute atomic E-state index is 0.0619. The number of methoxy groups -OCH3 is 2. The standard InChI is InChI=1S/C18H13ClO4S/c1-22-17-15(20)13-8-7-12(9-14(13)16(21)18(17)23-2)24-11-5-3-10(19)4-6-11/h3-9H,1-2H3. The zero-order chi connectivity index (χ0) is 17.3. The Morgan fingerprint density at radius 2 is 1.33 bits per heavy atom. The number of Topliss-reactive ketones (excluding diaryl/α,β-unsaturated/α-hetero) is 2. The molecule has 1 aliphatic rings. The zero-order valence-electron chi connectivity index (χ0n) is 13.0. The van der Waals surface area contributed by atoms with Crippen molar-refractivity contribution >= 4 is 34.9 Å². The van der Waals surface area contributed by atoms with Crippen LogP contribution in [-0.2, 0) is 9.47 Å². The average Bonchev–Trinajstić information content (AvgIpc) is 2.59. The van der Waals surface area contributed by atoms with Crippen LogP contribution in [0.2, 0.25) is 5.02 Å². The van der Waals surface area contributed by atoms with Gasteiger partial charge < -0.3 is 9.47 Å². The summed E-state index contributed by atoms with van der Waals surface area (Å²) in [6.45, 7) is 0. The molecule has 0 bridgehead atoms. The van der Waals surface area contributed by atoms with Crippen LogP contribution in [0.3, 0.4) is 0 Å². The number of hydrogen-bond acceptors (Lipinski definition) is 5. The summed E-state index contributed by atoms with van der Waals surface area (Å²) in [6, 6.07) is 12.5. The molecule has 6 heteroatoms. The summed E-state index contributed by atoms with van der Waals surface area (Å²) in [5.74, 6) is -0.841. The monoisotopic (exact) mass is 360 g/mol. The van der Waals surface area contributed by atoms with Crippen LogP contribution in [0.25, 0.3) is 0 Å². The zero-order valence-corrected chi connectivity index (χ0v) is 14.5. The second-order valence-corrected chi connectivity index (χ2v) is 6.57. The van der Waals surface area contributed by atoms with Crippen molar-refractivity contribution in [2.75, 3.05) is 14.2 Å². The first kappa shape index (κ1) is 16.6. The van der Waals surface area contributed by atoms with Crippen molar-refractivity contribution in [3.8, 4) is 0 Å². The molecule has 2 aromatic rings. The molecule has 0 aromatic heterocycles. The maximum Gasteiger partial charge on any atom is 0.232 e. The smallest absolute Gasteiger partial charge is 0.232 e. The summed E-state index contributed by atoms with van der Waals surface area (Å²) in [5.41, 5.74) is 0.634. The van der Waals surface area contributed by atoms with Crippen LogP contribution in [0.1, 0.15) is 20.7 Å². The SMILES string of the molecule is COC1=C(OC)C(=O)c2cc(Sc3ccc(Cl)cc3)ccc2C1=O. The number of benzene rings is 2. The predicted molar refractivity (Wildman–Crippen MR) is 91.7 cm³/mol. The van der Waals surface area contributed by atoms with Gasteiger partial charge in [-0.15, -0.1) is 0 Å². The lowest BCUT2D eigenvalue weighted by atomic mass is 9.92. The fourth-order valence-electron chi connectivity index (χ4n) is 2.43. The summed E-state index contributed by atoms with van der Waals surface area (Å²) in [5, 5.41) is 0.660. The largest absolute Gasteiger partial charge is 0.489 e. The number of ketones is 2. The normalized spacial score (nSPS) is 13.8. The van der Waals surface area contributed by atoms with Crippen molar-refractivity contribution in [3.63, 3.8) is 0 Å². The molecule has 0 amide bonds. The third-order valence-corrected chi connectivity index (χ3v) is 4.81. The van der Waals surface area contributed by atoms with E-state index in [1.165, 1.54) is 26.0 Å². The van der Waals surface area contributed by atoms with Gasteiger partial charge in [0.15, 0.2) is 0 Å². The first-order chi connectivity index (χ1) is 11.5. The molecule has 0 aliphatic heterocycles. The Labute approximate surface area is 148 Å². The van der Waals surface area contributed by atoms with E-state index < -0.39 is 0 Å². The van der Waals surface area contributed by atoms with Crippen molar-refractivity contribution < 1.29 is 19.1 Å². The van der Waals surface area contributed by atoms with Crippen LogP contribution in [0.5, 0.6) is 0 Å². The Hall–Kier alpha value is -2.24. The summed E-state index contributed by atoms with van der Waals surface area (Å²) in [4.78, 5) is 26.8. The molecule has 2 aromatic carbocycles. The molecule has 122 valence electrons. The van der Waals surface area contributed by atoms with Gasteiger partial charge in [0.25, 0.3) is 0 Å². The van der Waals surface area contributed by atoms with E-state index >= 15 is 0 Å². The van der Waals surface area contributed by atoms with Crippen LogP contribution in [-0.4, -0.2) is 25.8 Å². The van der Waals surface area contributed by atoms with Crippen molar-refractivity contribution in [2.45, 2.75) is 9.79 Å². The lowest BCUT2D eigenvalue weighted by Crippen LogP contribution is -2.24. The molecule has 0 fully saturated rings. The fraction of sp³-hybridized carbons (Fsp3) is 0.111. The van der Waals surface area contributed by atoms with E-state index in [4.69, 9.17) is 21.1 Å². The van der Waals surface area contributed by atoms with E-state index in [0.717, 1.165) is 9.79 Å². The third kappa shape index (κ3) is 2.92. The van der Waals surface area contributed by atoms with Gasteiger partial charge in [0, 0.05) is 25.9 Å². The highest BCUT2D eigenvalue weighted by atomic mass is 35.5. The molecule has 0 N–H and O–H groups in total. The Kier molecular flexibility index (Phi) is 4.64. The van der Waals surface area contributed by atoms with E-state index in [1.807, 2.05) is 12.1 Å². The number of carbonyl (C=O) groups is 2. The van der Waals surface area contributed by atoms with Gasteiger partial charge in [0.1, 0.15) is 0 Å². The van der Waals surface area contributed by atoms with Crippen molar-refractivity contribution in [1.29, 1.82) is 0 Å². The average molecular weight is 361 g/mol. The van der Waals surface area contributed by atoms with E-state index in [9.17, 15) is 9.59 Å². The van der Waals surface area contributed by atoms with Crippen LogP contribution >= 0.6 is 23.4 Å². The Morgan fingerprint density at radius 3 is 1.92 bits per heavy atom. The molecule has 0 unspecified atom stereocenters. The van der Waals surface area contributed by atoms with Crippen molar-refractivity contribution in [2.24, 2.45) is 0 Å². The lowest BCUT2D eigenvalue weighted by molar-refractivity contribution is 0.0829. The molecule has 3 rings (SSSR count). The van der Waals surface area contributed by atoms with Crippen LogP contribution in [0.15, 0.2) is 63.8 Å². The summed E-state index contributed by atoms with van der Waals surface area (Å²) < 4.78 is 10.1. The summed E-state index contributed by atoms with van der Waals surface area (Å²) in [7, 11) is 2.69. The fourth-order valence-corrected chi connectivity index (χ4v) is 3.42. The van der Waals surface area contributed by atoms with Gasteiger partial charge in [0.05, 0.1) is 14.2 Å². The quantitative estimate of drug-likeness (QED) is 0.810. The Morgan fingerprint density at radius 1 is 0.792 bits per heavy atom. The van der Waals surface area contributed by atoms with E-state index in [1.54, 1.807) is 30.3 Å². The van der Waals surface area contributed by atoms with Crippen LogP contribution in [0.4, 0.5) is 0 Å². The van der Waals surface area contributed by atoms with Gasteiger partial charge >= 0.3 is 0 Å². The number of rotatable bonds is 4. The van der Waals surface area contributed by atoms with E-state index in [-0.39, 0.29) is 23.1 Å². The highest BCUT2D eigenvalue weighted by Crippen LogP contribution is 2.33. The van der Waals surface area contributed by atoms with E-state index in [0.29, 0.717) is 16.1 Å². The van der Waals surface area contributed by atoms with Gasteiger partial charge in [0.2, 0.25) is 23.1 Å². The second-order valence-electron chi connectivity index (χ2n) is 4.99. The predicted octanol–water partition coefficient (Wildman–Crippen LogP) is 4.37. The molecule has 24 heavy (non-hydrogen) atoms. The number of carbonyl (C=O) groups excluding carboxylic acids is 2. The molecule has 0 heterocycles.